The summed E-state index contributed by atoms with van der Waals surface area (Å²) in [6.45, 7) is 1.82. The first-order valence-corrected chi connectivity index (χ1v) is 8.74. The molecule has 8 heteroatoms. The van der Waals surface area contributed by atoms with E-state index in [9.17, 15) is 18.0 Å². The van der Waals surface area contributed by atoms with Crippen molar-refractivity contribution < 1.29 is 18.0 Å². The minimum atomic E-state index is -4.44. The number of anilines is 1. The lowest BCUT2D eigenvalue weighted by Crippen LogP contribution is -2.15. The molecule has 2 aromatic carbocycles. The van der Waals surface area contributed by atoms with E-state index in [1.807, 2.05) is 31.2 Å². The van der Waals surface area contributed by atoms with Crippen molar-refractivity contribution in [3.05, 3.63) is 69.8 Å². The van der Waals surface area contributed by atoms with Crippen LogP contribution in [0.3, 0.4) is 0 Å². The van der Waals surface area contributed by atoms with E-state index >= 15 is 0 Å². The zero-order chi connectivity index (χ0) is 19.8. The monoisotopic (exact) mass is 437 g/mol. The van der Waals surface area contributed by atoms with Crippen molar-refractivity contribution in [3.63, 3.8) is 0 Å². The second kappa shape index (κ2) is 7.19. The molecule has 0 aliphatic heterocycles. The van der Waals surface area contributed by atoms with Crippen LogP contribution in [-0.2, 0) is 13.2 Å². The van der Waals surface area contributed by atoms with Crippen LogP contribution in [0, 0.1) is 6.92 Å². The summed E-state index contributed by atoms with van der Waals surface area (Å²) in [6.07, 6.45) is -4.44. The van der Waals surface area contributed by atoms with Crippen LogP contribution in [0.2, 0.25) is 0 Å². The number of benzene rings is 2. The fourth-order valence-electron chi connectivity index (χ4n) is 2.75. The average molecular weight is 438 g/mol. The quantitative estimate of drug-likeness (QED) is 0.593. The lowest BCUT2D eigenvalue weighted by Gasteiger charge is -2.11. The largest absolute Gasteiger partial charge is 0.416 e. The highest BCUT2D eigenvalue weighted by Gasteiger charge is 2.30. The maximum atomic E-state index is 12.7. The Morgan fingerprint density at radius 2 is 1.67 bits per heavy atom. The molecule has 3 aromatic rings. The van der Waals surface area contributed by atoms with Gasteiger partial charge < -0.3 is 5.32 Å². The minimum absolute atomic E-state index is 0.128. The maximum Gasteiger partial charge on any atom is 0.416 e. The summed E-state index contributed by atoms with van der Waals surface area (Å²) in [7, 11) is 1.69. The molecule has 1 N–H and O–H groups in total. The van der Waals surface area contributed by atoms with Gasteiger partial charge in [-0.15, -0.1) is 0 Å². The highest BCUT2D eigenvalue weighted by Crippen LogP contribution is 2.33. The number of carbonyl (C=O) groups is 1. The van der Waals surface area contributed by atoms with E-state index < -0.39 is 17.6 Å². The van der Waals surface area contributed by atoms with Crippen LogP contribution >= 0.6 is 15.9 Å². The molecule has 0 saturated heterocycles. The molecule has 0 atom stereocenters. The zero-order valence-electron chi connectivity index (χ0n) is 14.4. The van der Waals surface area contributed by atoms with Gasteiger partial charge in [0.1, 0.15) is 5.82 Å². The van der Waals surface area contributed by atoms with E-state index in [4.69, 9.17) is 0 Å². The van der Waals surface area contributed by atoms with Crippen molar-refractivity contribution in [1.82, 2.24) is 9.78 Å². The van der Waals surface area contributed by atoms with Crippen LogP contribution < -0.4 is 5.32 Å². The van der Waals surface area contributed by atoms with Crippen molar-refractivity contribution in [2.24, 2.45) is 7.05 Å². The van der Waals surface area contributed by atoms with Crippen LogP contribution in [0.15, 0.2) is 53.0 Å². The number of hydrogen-bond acceptors (Lipinski definition) is 2. The molecule has 27 heavy (non-hydrogen) atoms. The smallest absolute Gasteiger partial charge is 0.306 e. The van der Waals surface area contributed by atoms with Crippen LogP contribution in [-0.4, -0.2) is 15.7 Å². The number of halogens is 4. The molecule has 1 heterocycles. The number of aryl methyl sites for hydroxylation is 2. The minimum Gasteiger partial charge on any atom is -0.306 e. The molecular formula is C19H15BrF3N3O. The SMILES string of the molecule is Cc1nn(C)c(NC(=O)c2ccc(C(F)(F)F)cc2)c1-c1ccc(Br)cc1. The molecule has 0 aliphatic rings. The molecule has 0 radical (unpaired) electrons. The standard InChI is InChI=1S/C19H15BrF3N3O/c1-11-16(12-5-9-15(20)10-6-12)17(26(2)25-11)24-18(27)13-3-7-14(8-4-13)19(21,22)23/h3-10H,1-2H3,(H,24,27). The van der Waals surface area contributed by atoms with Crippen LogP contribution in [0.5, 0.6) is 0 Å². The fraction of sp³-hybridized carbons (Fsp3) is 0.158. The fourth-order valence-corrected chi connectivity index (χ4v) is 3.02. The Balaban J connectivity index is 1.91. The Labute approximate surface area is 162 Å². The molecule has 0 aliphatic carbocycles. The summed E-state index contributed by atoms with van der Waals surface area (Å²) >= 11 is 3.38. The van der Waals surface area contributed by atoms with Crippen LogP contribution in [0.4, 0.5) is 19.0 Å². The highest BCUT2D eigenvalue weighted by atomic mass is 79.9. The van der Waals surface area contributed by atoms with E-state index in [0.717, 1.165) is 45.6 Å². The first kappa shape index (κ1) is 19.2. The van der Waals surface area contributed by atoms with Gasteiger partial charge in [0.2, 0.25) is 0 Å². The Morgan fingerprint density at radius 1 is 1.07 bits per heavy atom. The molecule has 0 saturated carbocycles. The predicted molar refractivity (Wildman–Crippen MR) is 100 cm³/mol. The van der Waals surface area contributed by atoms with Gasteiger partial charge in [-0.3, -0.25) is 9.48 Å². The second-order valence-electron chi connectivity index (χ2n) is 5.97. The van der Waals surface area contributed by atoms with Gasteiger partial charge in [-0.2, -0.15) is 18.3 Å². The normalized spacial score (nSPS) is 11.5. The zero-order valence-corrected chi connectivity index (χ0v) is 16.0. The van der Waals surface area contributed by atoms with Gasteiger partial charge in [0, 0.05) is 22.6 Å². The van der Waals surface area contributed by atoms with Gasteiger partial charge in [0.05, 0.1) is 11.3 Å². The molecular weight excluding hydrogens is 423 g/mol. The molecule has 0 spiro atoms. The molecule has 140 valence electrons. The third-order valence-corrected chi connectivity index (χ3v) is 4.59. The molecule has 1 aromatic heterocycles. The Bertz CT molecular complexity index is 977. The number of aromatic nitrogens is 2. The number of alkyl halides is 3. The number of rotatable bonds is 3. The summed E-state index contributed by atoms with van der Waals surface area (Å²) in [5.41, 5.74) is 1.67. The molecule has 0 unspecified atom stereocenters. The van der Waals surface area contributed by atoms with E-state index in [1.54, 1.807) is 7.05 Å². The summed E-state index contributed by atoms with van der Waals surface area (Å²) < 4.78 is 40.5. The van der Waals surface area contributed by atoms with Gasteiger partial charge in [0.15, 0.2) is 0 Å². The van der Waals surface area contributed by atoms with Gasteiger partial charge >= 0.3 is 6.18 Å². The Kier molecular flexibility index (Phi) is 5.10. The topological polar surface area (TPSA) is 46.9 Å². The Morgan fingerprint density at radius 3 is 2.22 bits per heavy atom. The van der Waals surface area contributed by atoms with Crippen molar-refractivity contribution >= 4 is 27.7 Å². The predicted octanol–water partition coefficient (Wildman–Crippen LogP) is 5.43. The lowest BCUT2D eigenvalue weighted by molar-refractivity contribution is -0.137. The first-order valence-electron chi connectivity index (χ1n) is 7.95. The molecule has 0 bridgehead atoms. The van der Waals surface area contributed by atoms with Gasteiger partial charge in [-0.25, -0.2) is 0 Å². The maximum absolute atomic E-state index is 12.7. The first-order chi connectivity index (χ1) is 12.7. The van der Waals surface area contributed by atoms with Crippen molar-refractivity contribution in [3.8, 4) is 11.1 Å². The Hall–Kier alpha value is -2.61. The van der Waals surface area contributed by atoms with Crippen molar-refractivity contribution in [2.45, 2.75) is 13.1 Å². The second-order valence-corrected chi connectivity index (χ2v) is 6.88. The number of nitrogens with one attached hydrogen (secondary N) is 1. The number of amides is 1. The van der Waals surface area contributed by atoms with Gasteiger partial charge in [-0.05, 0) is 48.9 Å². The number of nitrogens with zero attached hydrogens (tertiary/aromatic N) is 2. The van der Waals surface area contributed by atoms with Crippen molar-refractivity contribution in [1.29, 1.82) is 0 Å². The molecule has 3 rings (SSSR count). The van der Waals surface area contributed by atoms with E-state index in [2.05, 4.69) is 26.3 Å². The van der Waals surface area contributed by atoms with Crippen molar-refractivity contribution in [2.75, 3.05) is 5.32 Å². The van der Waals surface area contributed by atoms with E-state index in [-0.39, 0.29) is 5.56 Å². The third-order valence-electron chi connectivity index (χ3n) is 4.06. The van der Waals surface area contributed by atoms with E-state index in [1.165, 1.54) is 4.68 Å². The third kappa shape index (κ3) is 4.05. The summed E-state index contributed by atoms with van der Waals surface area (Å²) in [6, 6.07) is 11.6. The number of hydrogen-bond donors (Lipinski definition) is 1. The van der Waals surface area contributed by atoms with E-state index in [0.29, 0.717) is 5.82 Å². The lowest BCUT2D eigenvalue weighted by atomic mass is 10.1. The van der Waals surface area contributed by atoms with Crippen LogP contribution in [0.1, 0.15) is 21.6 Å². The van der Waals surface area contributed by atoms with Gasteiger partial charge in [-0.1, -0.05) is 28.1 Å². The molecule has 4 nitrogen and oxygen atoms in total. The summed E-state index contributed by atoms with van der Waals surface area (Å²) in [4.78, 5) is 12.5. The molecule has 1 amide bonds. The number of carbonyl (C=O) groups excluding carboxylic acids is 1. The average Bonchev–Trinajstić information content (AvgIpc) is 2.88. The molecule has 0 fully saturated rings. The summed E-state index contributed by atoms with van der Waals surface area (Å²) in [5.74, 6) is -0.0372. The summed E-state index contributed by atoms with van der Waals surface area (Å²) in [5, 5.41) is 7.10. The van der Waals surface area contributed by atoms with Gasteiger partial charge in [0.25, 0.3) is 5.91 Å². The van der Waals surface area contributed by atoms with Crippen LogP contribution in [0.25, 0.3) is 11.1 Å². The highest BCUT2D eigenvalue weighted by molar-refractivity contribution is 9.10.